The van der Waals surface area contributed by atoms with Crippen molar-refractivity contribution in [3.63, 3.8) is 0 Å². The van der Waals surface area contributed by atoms with Crippen LogP contribution >= 0.6 is 23.2 Å². The number of hydrazone groups is 1. The number of imide groups is 1. The van der Waals surface area contributed by atoms with Crippen molar-refractivity contribution >= 4 is 41.4 Å². The second-order valence-electron chi connectivity index (χ2n) is 4.28. The van der Waals surface area contributed by atoms with E-state index in [1.807, 2.05) is 0 Å². The second kappa shape index (κ2) is 7.46. The molecule has 1 saturated heterocycles. The second-order valence-corrected chi connectivity index (χ2v) is 5.10. The normalized spacial score (nSPS) is 14.3. The van der Waals surface area contributed by atoms with E-state index in [-0.39, 0.29) is 42.0 Å². The largest absolute Gasteiger partial charge is 1.00 e. The van der Waals surface area contributed by atoms with E-state index < -0.39 is 11.9 Å². The van der Waals surface area contributed by atoms with Crippen LogP contribution in [0.3, 0.4) is 0 Å². The molecule has 1 aromatic heterocycles. The van der Waals surface area contributed by atoms with Gasteiger partial charge in [-0.05, 0) is 18.2 Å². The Morgan fingerprint density at radius 2 is 2.09 bits per heavy atom. The molecule has 0 bridgehead atoms. The molecule has 1 fully saturated rings. The van der Waals surface area contributed by atoms with Crippen LogP contribution in [0.15, 0.2) is 33.9 Å². The van der Waals surface area contributed by atoms with Gasteiger partial charge in [-0.2, -0.15) is 0 Å². The van der Waals surface area contributed by atoms with Gasteiger partial charge >= 0.3 is 29.6 Å². The van der Waals surface area contributed by atoms with Crippen LogP contribution in [0, 0.1) is 0 Å². The molecule has 3 amide bonds. The van der Waals surface area contributed by atoms with Gasteiger partial charge in [-0.1, -0.05) is 23.2 Å². The summed E-state index contributed by atoms with van der Waals surface area (Å²) in [6.45, 7) is -0.185. The molecule has 1 aliphatic rings. The first kappa shape index (κ1) is 18.0. The van der Waals surface area contributed by atoms with E-state index >= 15 is 0 Å². The zero-order chi connectivity index (χ0) is 15.7. The van der Waals surface area contributed by atoms with Crippen LogP contribution < -0.4 is 29.6 Å². The fourth-order valence-corrected chi connectivity index (χ4v) is 2.03. The molecule has 0 spiro atoms. The fraction of sp³-hybridized carbons (Fsp3) is 0.0769. The summed E-state index contributed by atoms with van der Waals surface area (Å²) in [5.41, 5.74) is 0.698. The van der Waals surface area contributed by atoms with E-state index in [4.69, 9.17) is 27.6 Å². The predicted molar refractivity (Wildman–Crippen MR) is 80.0 cm³/mol. The smallest absolute Gasteiger partial charge is 0.435 e. The van der Waals surface area contributed by atoms with Gasteiger partial charge in [0, 0.05) is 12.1 Å². The minimum Gasteiger partial charge on any atom is -0.435 e. The van der Waals surface area contributed by atoms with Crippen LogP contribution in [0.1, 0.15) is 5.89 Å². The molecule has 7 nitrogen and oxygen atoms in total. The van der Waals surface area contributed by atoms with Crippen LogP contribution in [0.4, 0.5) is 4.79 Å². The number of amides is 3. The molecular formula is C13H7Cl2N4NaO3. The Morgan fingerprint density at radius 1 is 1.30 bits per heavy atom. The van der Waals surface area contributed by atoms with Crippen molar-refractivity contribution in [3.05, 3.63) is 45.6 Å². The number of carbonyl (C=O) groups is 2. The number of halogens is 2. The Bertz CT molecular complexity index is 793. The first-order valence-corrected chi connectivity index (χ1v) is 6.80. The number of hydrogen-bond donors (Lipinski definition) is 0. The van der Waals surface area contributed by atoms with E-state index in [9.17, 15) is 9.59 Å². The summed E-state index contributed by atoms with van der Waals surface area (Å²) in [4.78, 5) is 26.2. The van der Waals surface area contributed by atoms with Crippen molar-refractivity contribution in [2.75, 3.05) is 6.54 Å². The minimum absolute atomic E-state index is 0. The van der Waals surface area contributed by atoms with Crippen molar-refractivity contribution in [1.82, 2.24) is 9.99 Å². The molecule has 3 rings (SSSR count). The summed E-state index contributed by atoms with van der Waals surface area (Å²) in [5, 5.41) is 8.77. The van der Waals surface area contributed by atoms with Crippen molar-refractivity contribution < 1.29 is 43.6 Å². The maximum Gasteiger partial charge on any atom is 1.00 e. The third-order valence-corrected chi connectivity index (χ3v) is 3.50. The monoisotopic (exact) mass is 360 g/mol. The SMILES string of the molecule is O=C1CN(/N=C/c2ncc(-c3ccc(Cl)c(Cl)c3)o2)C(=O)[N-]1.[Na+]. The zero-order valence-electron chi connectivity index (χ0n) is 11.9. The molecule has 1 aliphatic heterocycles. The maximum atomic E-state index is 11.2. The Morgan fingerprint density at radius 3 is 2.74 bits per heavy atom. The molecule has 0 unspecified atom stereocenters. The number of hydrogen-bond acceptors (Lipinski definition) is 5. The van der Waals surface area contributed by atoms with Crippen LogP contribution in [-0.2, 0) is 4.79 Å². The average molecular weight is 361 g/mol. The first-order valence-electron chi connectivity index (χ1n) is 6.04. The number of carbonyl (C=O) groups excluding carboxylic acids is 2. The van der Waals surface area contributed by atoms with Crippen LogP contribution in [-0.4, -0.2) is 34.7 Å². The molecule has 112 valence electrons. The van der Waals surface area contributed by atoms with E-state index in [1.54, 1.807) is 18.2 Å². The van der Waals surface area contributed by atoms with Gasteiger partial charge in [0.15, 0.2) is 17.7 Å². The molecule has 23 heavy (non-hydrogen) atoms. The van der Waals surface area contributed by atoms with Gasteiger partial charge in [-0.15, -0.1) is 0 Å². The summed E-state index contributed by atoms with van der Waals surface area (Å²) < 4.78 is 5.47. The number of nitrogens with zero attached hydrogens (tertiary/aromatic N) is 4. The Hall–Kier alpha value is -1.38. The van der Waals surface area contributed by atoms with Crippen molar-refractivity contribution in [2.24, 2.45) is 5.10 Å². The van der Waals surface area contributed by atoms with Crippen molar-refractivity contribution in [2.45, 2.75) is 0 Å². The molecule has 10 heteroatoms. The molecule has 2 aromatic rings. The minimum atomic E-state index is -0.711. The molecule has 1 aromatic carbocycles. The van der Waals surface area contributed by atoms with Gasteiger partial charge in [-0.3, -0.25) is 14.7 Å². The van der Waals surface area contributed by atoms with Gasteiger partial charge < -0.3 is 14.7 Å². The van der Waals surface area contributed by atoms with Gasteiger partial charge in [0.25, 0.3) is 0 Å². The molecule has 0 N–H and O–H groups in total. The van der Waals surface area contributed by atoms with Gasteiger partial charge in [0.1, 0.15) is 0 Å². The molecular weight excluding hydrogens is 354 g/mol. The van der Waals surface area contributed by atoms with Gasteiger partial charge in [0.05, 0.1) is 22.5 Å². The van der Waals surface area contributed by atoms with Crippen LogP contribution in [0.5, 0.6) is 0 Å². The van der Waals surface area contributed by atoms with E-state index in [0.717, 1.165) is 5.01 Å². The third-order valence-electron chi connectivity index (χ3n) is 2.76. The summed E-state index contributed by atoms with van der Waals surface area (Å²) in [6.07, 6.45) is 2.72. The van der Waals surface area contributed by atoms with Crippen molar-refractivity contribution in [3.8, 4) is 11.3 Å². The van der Waals surface area contributed by atoms with Gasteiger partial charge in [-0.25, -0.2) is 4.98 Å². The number of urea groups is 1. The average Bonchev–Trinajstić information content (AvgIpc) is 3.06. The number of oxazole rings is 1. The summed E-state index contributed by atoms with van der Waals surface area (Å²) in [7, 11) is 0. The topological polar surface area (TPSA) is 89.9 Å². The van der Waals surface area contributed by atoms with Gasteiger partial charge in [0.2, 0.25) is 5.89 Å². The maximum absolute atomic E-state index is 11.2. The van der Waals surface area contributed by atoms with E-state index in [1.165, 1.54) is 12.4 Å². The standard InChI is InChI=1S/C13H8Cl2N4O3.Na/c14-8-2-1-7(3-9(8)15)10-4-16-12(22-10)5-17-19-6-11(20)18-13(19)21;/h1-5H,6H2,(H,18,20,21);/q;+1/p-1/b17-5+;. The number of aromatic nitrogens is 1. The quantitative estimate of drug-likeness (QED) is 0.448. The first-order chi connectivity index (χ1) is 10.5. The van der Waals surface area contributed by atoms with E-state index in [0.29, 0.717) is 21.4 Å². The van der Waals surface area contributed by atoms with E-state index in [2.05, 4.69) is 15.4 Å². The molecule has 0 aliphatic carbocycles. The van der Waals surface area contributed by atoms with Crippen LogP contribution in [0.2, 0.25) is 10.0 Å². The number of rotatable bonds is 3. The summed E-state index contributed by atoms with van der Waals surface area (Å²) in [5.74, 6) is 0.104. The van der Waals surface area contributed by atoms with Crippen LogP contribution in [0.25, 0.3) is 16.6 Å². The van der Waals surface area contributed by atoms with Crippen molar-refractivity contribution in [1.29, 1.82) is 0 Å². The fourth-order valence-electron chi connectivity index (χ4n) is 1.73. The summed E-state index contributed by atoms with van der Waals surface area (Å²) in [6, 6.07) is 4.31. The Kier molecular flexibility index (Phi) is 5.83. The molecule has 0 saturated carbocycles. The zero-order valence-corrected chi connectivity index (χ0v) is 15.4. The summed E-state index contributed by atoms with van der Waals surface area (Å²) >= 11 is 11.8. The molecule has 0 radical (unpaired) electrons. The Labute approximate surface area is 162 Å². The molecule has 0 atom stereocenters. The third kappa shape index (κ3) is 4.13. The number of benzene rings is 1. The molecule has 2 heterocycles. The Balaban J connectivity index is 0.00000192. The predicted octanol–water partition coefficient (Wildman–Crippen LogP) is 0.322.